The van der Waals surface area contributed by atoms with Crippen molar-refractivity contribution >= 4 is 5.97 Å². The molecule has 196 valence electrons. The van der Waals surface area contributed by atoms with Crippen LogP contribution in [0.4, 0.5) is 0 Å². The van der Waals surface area contributed by atoms with E-state index >= 15 is 0 Å². The van der Waals surface area contributed by atoms with Crippen LogP contribution in [0.15, 0.2) is 36.0 Å². The van der Waals surface area contributed by atoms with Crippen LogP contribution in [-0.4, -0.2) is 61.0 Å². The number of carbonyl (C=O) groups is 1. The molecule has 0 aromatic rings. The van der Waals surface area contributed by atoms with E-state index in [1.165, 1.54) is 11.6 Å². The van der Waals surface area contributed by atoms with E-state index in [1.54, 1.807) is 13.2 Å². The maximum absolute atomic E-state index is 12.6. The molecule has 1 heterocycles. The minimum absolute atomic E-state index is 0.0340. The van der Waals surface area contributed by atoms with E-state index in [2.05, 4.69) is 25.8 Å². The summed E-state index contributed by atoms with van der Waals surface area (Å²) >= 11 is 0. The van der Waals surface area contributed by atoms with Crippen LogP contribution < -0.4 is 0 Å². The molecule has 0 radical (unpaired) electrons. The highest BCUT2D eigenvalue weighted by atomic mass is 16.6. The number of aliphatic hydroxyl groups excluding tert-OH is 1. The van der Waals surface area contributed by atoms with Crippen molar-refractivity contribution in [1.29, 1.82) is 0 Å². The van der Waals surface area contributed by atoms with Gasteiger partial charge in [-0.15, -0.1) is 0 Å². The lowest BCUT2D eigenvalue weighted by Crippen LogP contribution is -2.89. The molecule has 35 heavy (non-hydrogen) atoms. The van der Waals surface area contributed by atoms with E-state index in [9.17, 15) is 9.90 Å². The zero-order valence-electron chi connectivity index (χ0n) is 22.8. The summed E-state index contributed by atoms with van der Waals surface area (Å²) in [4.78, 5) is 15.1. The number of fused-ring (bicyclic) bond motifs is 2. The number of esters is 1. The zero-order chi connectivity index (χ0) is 25.5. The first-order valence-corrected chi connectivity index (χ1v) is 13.8. The monoisotopic (exact) mass is 485 g/mol. The first-order valence-electron chi connectivity index (χ1n) is 13.8. The molecule has 1 aliphatic heterocycles. The minimum atomic E-state index is -0.648. The number of ether oxygens (including phenoxy) is 2. The molecule has 0 aromatic heterocycles. The van der Waals surface area contributed by atoms with Crippen molar-refractivity contribution in [2.45, 2.75) is 96.9 Å². The van der Waals surface area contributed by atoms with Crippen LogP contribution in [-0.2, 0) is 14.3 Å². The number of allylic oxidation sites excluding steroid dienone is 3. The van der Waals surface area contributed by atoms with Gasteiger partial charge in [0.15, 0.2) is 0 Å². The van der Waals surface area contributed by atoms with E-state index in [1.807, 2.05) is 19.9 Å². The van der Waals surface area contributed by atoms with Crippen molar-refractivity contribution in [3.63, 3.8) is 0 Å². The molecule has 5 heteroatoms. The molecule has 1 N–H and O–H groups in total. The predicted molar refractivity (Wildman–Crippen MR) is 140 cm³/mol. The van der Waals surface area contributed by atoms with E-state index in [0.717, 1.165) is 50.5 Å². The Morgan fingerprint density at radius 1 is 1.29 bits per heavy atom. The Morgan fingerprint density at radius 3 is 2.69 bits per heavy atom. The number of hydrogen-bond acceptors (Lipinski definition) is 5. The Balaban J connectivity index is 1.64. The highest BCUT2D eigenvalue weighted by Crippen LogP contribution is 2.80. The normalized spacial score (nSPS) is 40.7. The van der Waals surface area contributed by atoms with Gasteiger partial charge in [0.1, 0.15) is 6.10 Å². The number of methoxy groups -OCH3 is 1. The van der Waals surface area contributed by atoms with Gasteiger partial charge in [-0.25, -0.2) is 4.79 Å². The maximum Gasteiger partial charge on any atom is 0.331 e. The molecule has 0 spiro atoms. The minimum Gasteiger partial charge on any atom is -0.456 e. The molecule has 3 aliphatic carbocycles. The van der Waals surface area contributed by atoms with E-state index < -0.39 is 12.2 Å². The fourth-order valence-electron chi connectivity index (χ4n) is 8.84. The lowest BCUT2D eigenvalue weighted by atomic mass is 9.27. The Hall–Kier alpha value is -1.43. The summed E-state index contributed by atoms with van der Waals surface area (Å²) in [5.74, 6) is 0.647. The van der Waals surface area contributed by atoms with Gasteiger partial charge in [-0.2, -0.15) is 0 Å². The van der Waals surface area contributed by atoms with Crippen molar-refractivity contribution in [2.75, 3.05) is 20.8 Å². The van der Waals surface area contributed by atoms with Gasteiger partial charge in [0.25, 0.3) is 0 Å². The van der Waals surface area contributed by atoms with Crippen LogP contribution in [0.25, 0.3) is 0 Å². The molecule has 0 bridgehead atoms. The molecule has 0 aromatic carbocycles. The van der Waals surface area contributed by atoms with Crippen molar-refractivity contribution in [3.8, 4) is 0 Å². The molecule has 4 fully saturated rings. The highest BCUT2D eigenvalue weighted by Gasteiger charge is 2.82. The Labute approximate surface area is 212 Å². The van der Waals surface area contributed by atoms with Gasteiger partial charge in [-0.3, -0.25) is 4.90 Å². The van der Waals surface area contributed by atoms with Gasteiger partial charge in [0, 0.05) is 37.3 Å². The number of hydrogen-bond donors (Lipinski definition) is 1. The van der Waals surface area contributed by atoms with Crippen LogP contribution in [0, 0.1) is 28.6 Å². The SMILES string of the molecule is C=C(C(C)CCC)C12C3CC4CCC(OC(=O)/C=C/C=C(C)C)C(O)C4C1(CCOC)CC2N3C. The molecule has 9 unspecified atom stereocenters. The Morgan fingerprint density at radius 2 is 2.03 bits per heavy atom. The zero-order valence-corrected chi connectivity index (χ0v) is 22.8. The average Bonchev–Trinajstić information content (AvgIpc) is 2.79. The van der Waals surface area contributed by atoms with Crippen LogP contribution >= 0.6 is 0 Å². The summed E-state index contributed by atoms with van der Waals surface area (Å²) in [5, 5.41) is 11.8. The van der Waals surface area contributed by atoms with Crippen LogP contribution in [0.3, 0.4) is 0 Å². The molecule has 5 nitrogen and oxygen atoms in total. The number of rotatable bonds is 10. The fraction of sp³-hybridized carbons (Fsp3) is 0.767. The van der Waals surface area contributed by atoms with Crippen molar-refractivity contribution < 1.29 is 19.4 Å². The van der Waals surface area contributed by atoms with Crippen LogP contribution in [0.2, 0.25) is 0 Å². The molecule has 9 atom stereocenters. The third-order valence-electron chi connectivity index (χ3n) is 10.2. The summed E-state index contributed by atoms with van der Waals surface area (Å²) in [6.07, 6.45) is 11.1. The van der Waals surface area contributed by atoms with Gasteiger partial charge >= 0.3 is 5.97 Å². The highest BCUT2D eigenvalue weighted by molar-refractivity contribution is 5.82. The summed E-state index contributed by atoms with van der Waals surface area (Å²) in [6.45, 7) is 14.0. The molecule has 3 saturated carbocycles. The quantitative estimate of drug-likeness (QED) is 0.197. The Kier molecular flexibility index (Phi) is 7.72. The van der Waals surface area contributed by atoms with Crippen LogP contribution in [0.1, 0.15) is 72.6 Å². The van der Waals surface area contributed by atoms with Crippen molar-refractivity contribution in [1.82, 2.24) is 4.90 Å². The van der Waals surface area contributed by atoms with Gasteiger partial charge in [-0.1, -0.05) is 50.1 Å². The summed E-state index contributed by atoms with van der Waals surface area (Å²) < 4.78 is 11.5. The standard InChI is InChI=1S/C30H47NO4/c1-8-10-20(4)21(5)30-24-17-22-13-14-23(35-26(32)12-9-11-19(2)3)28(33)27(22)29(30,15-16-34-7)18-25(30)31(24)6/h9,11-12,20,22-25,27-28,33H,5,8,10,13-18H2,1-4,6-7H3/b12-9+. The van der Waals surface area contributed by atoms with Gasteiger partial charge in [0.05, 0.1) is 6.10 Å². The largest absolute Gasteiger partial charge is 0.456 e. The van der Waals surface area contributed by atoms with Gasteiger partial charge in [0.2, 0.25) is 0 Å². The summed E-state index contributed by atoms with van der Waals surface area (Å²) in [5.41, 5.74) is 2.50. The molecule has 0 amide bonds. The first-order chi connectivity index (χ1) is 16.6. The first kappa shape index (κ1) is 26.6. The molecule has 4 rings (SSSR count). The molecule has 4 aliphatic rings. The molecule has 1 saturated heterocycles. The van der Waals surface area contributed by atoms with E-state index in [-0.39, 0.29) is 22.7 Å². The summed E-state index contributed by atoms with van der Waals surface area (Å²) in [7, 11) is 4.06. The second kappa shape index (κ2) is 10.1. The second-order valence-electron chi connectivity index (χ2n) is 12.1. The third kappa shape index (κ3) is 3.97. The number of carbonyl (C=O) groups excluding carboxylic acids is 1. The molecular formula is C30H47NO4. The fourth-order valence-corrected chi connectivity index (χ4v) is 8.84. The van der Waals surface area contributed by atoms with Crippen molar-refractivity contribution in [3.05, 3.63) is 36.0 Å². The number of likely N-dealkylation sites (tertiary alicyclic amines) is 1. The Bertz CT molecular complexity index is 872. The summed E-state index contributed by atoms with van der Waals surface area (Å²) in [6, 6.07) is 0.990. The van der Waals surface area contributed by atoms with Crippen LogP contribution in [0.5, 0.6) is 0 Å². The lowest BCUT2D eigenvalue weighted by Gasteiger charge is -2.85. The number of aliphatic hydroxyl groups is 1. The van der Waals surface area contributed by atoms with Gasteiger partial charge in [-0.05, 0) is 82.6 Å². The molecular weight excluding hydrogens is 438 g/mol. The lowest BCUT2D eigenvalue weighted by molar-refractivity contribution is -0.348. The number of nitrogens with zero attached hydrogens (tertiary/aromatic N) is 1. The number of piperidine rings is 1. The van der Waals surface area contributed by atoms with E-state index in [0.29, 0.717) is 30.5 Å². The van der Waals surface area contributed by atoms with Gasteiger partial charge < -0.3 is 14.6 Å². The smallest absolute Gasteiger partial charge is 0.331 e. The maximum atomic E-state index is 12.6. The third-order valence-corrected chi connectivity index (χ3v) is 10.2. The topological polar surface area (TPSA) is 59.0 Å². The average molecular weight is 486 g/mol. The van der Waals surface area contributed by atoms with E-state index in [4.69, 9.17) is 16.1 Å². The second-order valence-corrected chi connectivity index (χ2v) is 12.1. The predicted octanol–water partition coefficient (Wildman–Crippen LogP) is 5.30. The van der Waals surface area contributed by atoms with Crippen molar-refractivity contribution in [2.24, 2.45) is 28.6 Å².